The van der Waals surface area contributed by atoms with E-state index in [-0.39, 0.29) is 0 Å². The molecule has 1 atom stereocenters. The standard InChI is InChI=1S/C20H38N4/c1-2-21-20(22-13-6-5-9-17-7-3-4-8-17)23-15-18-12-14-24(16-18)19-10-11-19/h17-19H,2-16H2,1H3,(H2,21,22,23). The Morgan fingerprint density at radius 1 is 1.00 bits per heavy atom. The van der Waals surface area contributed by atoms with E-state index in [2.05, 4.69) is 22.5 Å². The molecule has 0 aromatic heterocycles. The van der Waals surface area contributed by atoms with Crippen LogP contribution in [0.4, 0.5) is 0 Å². The third-order valence-electron chi connectivity index (χ3n) is 6.04. The van der Waals surface area contributed by atoms with Crippen LogP contribution < -0.4 is 10.6 Å². The van der Waals surface area contributed by atoms with Gasteiger partial charge in [0.15, 0.2) is 5.96 Å². The lowest BCUT2D eigenvalue weighted by molar-refractivity contribution is 0.315. The van der Waals surface area contributed by atoms with E-state index in [1.165, 1.54) is 77.3 Å². The van der Waals surface area contributed by atoms with Gasteiger partial charge in [-0.25, -0.2) is 0 Å². The highest BCUT2D eigenvalue weighted by atomic mass is 15.2. The second-order valence-corrected chi connectivity index (χ2v) is 8.17. The number of nitrogens with zero attached hydrogens (tertiary/aromatic N) is 2. The molecule has 2 aliphatic carbocycles. The summed E-state index contributed by atoms with van der Waals surface area (Å²) in [6, 6.07) is 0.921. The molecule has 0 bridgehead atoms. The quantitative estimate of drug-likeness (QED) is 0.386. The van der Waals surface area contributed by atoms with Crippen molar-refractivity contribution in [3.8, 4) is 0 Å². The van der Waals surface area contributed by atoms with Gasteiger partial charge in [-0.3, -0.25) is 4.99 Å². The van der Waals surface area contributed by atoms with Crippen LogP contribution in [-0.4, -0.2) is 49.6 Å². The third-order valence-corrected chi connectivity index (χ3v) is 6.04. The number of nitrogens with one attached hydrogen (secondary N) is 2. The fraction of sp³-hybridized carbons (Fsp3) is 0.950. The average Bonchev–Trinajstić information content (AvgIpc) is 3.11. The maximum atomic E-state index is 4.85. The Kier molecular flexibility index (Phi) is 7.25. The van der Waals surface area contributed by atoms with E-state index in [9.17, 15) is 0 Å². The van der Waals surface area contributed by atoms with Gasteiger partial charge in [-0.2, -0.15) is 0 Å². The van der Waals surface area contributed by atoms with Crippen molar-refractivity contribution in [1.29, 1.82) is 0 Å². The van der Waals surface area contributed by atoms with Crippen molar-refractivity contribution in [2.45, 2.75) is 77.2 Å². The first kappa shape index (κ1) is 18.0. The smallest absolute Gasteiger partial charge is 0.191 e. The van der Waals surface area contributed by atoms with Crippen LogP contribution in [0.1, 0.15) is 71.1 Å². The number of guanidine groups is 1. The number of hydrogen-bond acceptors (Lipinski definition) is 2. The van der Waals surface area contributed by atoms with E-state index in [4.69, 9.17) is 4.99 Å². The number of likely N-dealkylation sites (tertiary alicyclic amines) is 1. The third kappa shape index (κ3) is 5.94. The summed E-state index contributed by atoms with van der Waals surface area (Å²) in [5, 5.41) is 6.95. The van der Waals surface area contributed by atoms with E-state index in [0.717, 1.165) is 43.5 Å². The summed E-state index contributed by atoms with van der Waals surface area (Å²) in [5.41, 5.74) is 0. The molecule has 138 valence electrons. The largest absolute Gasteiger partial charge is 0.357 e. The van der Waals surface area contributed by atoms with Crippen LogP contribution in [0.5, 0.6) is 0 Å². The molecule has 1 unspecified atom stereocenters. The summed E-state index contributed by atoms with van der Waals surface area (Å²) in [7, 11) is 0. The molecule has 0 amide bonds. The monoisotopic (exact) mass is 334 g/mol. The summed E-state index contributed by atoms with van der Waals surface area (Å²) < 4.78 is 0. The Hall–Kier alpha value is -0.770. The average molecular weight is 335 g/mol. The van der Waals surface area contributed by atoms with Gasteiger partial charge in [-0.1, -0.05) is 38.5 Å². The van der Waals surface area contributed by atoms with Gasteiger partial charge >= 0.3 is 0 Å². The molecule has 1 aliphatic heterocycles. The van der Waals surface area contributed by atoms with E-state index in [1.54, 1.807) is 0 Å². The fourth-order valence-corrected chi connectivity index (χ4v) is 4.41. The zero-order valence-corrected chi connectivity index (χ0v) is 15.7. The highest BCUT2D eigenvalue weighted by Gasteiger charge is 2.34. The SMILES string of the molecule is CCNC(=NCC1CCN(C2CC2)C1)NCCCCC1CCCC1. The van der Waals surface area contributed by atoms with Crippen LogP contribution in [-0.2, 0) is 0 Å². The molecule has 1 saturated heterocycles. The summed E-state index contributed by atoms with van der Waals surface area (Å²) in [5.74, 6) is 2.83. The van der Waals surface area contributed by atoms with Gasteiger partial charge in [0.1, 0.15) is 0 Å². The van der Waals surface area contributed by atoms with Gasteiger partial charge in [-0.05, 0) is 51.0 Å². The Bertz CT molecular complexity index is 385. The van der Waals surface area contributed by atoms with E-state index in [1.807, 2.05) is 0 Å². The van der Waals surface area contributed by atoms with E-state index < -0.39 is 0 Å². The van der Waals surface area contributed by atoms with Crippen molar-refractivity contribution in [3.63, 3.8) is 0 Å². The van der Waals surface area contributed by atoms with Crippen LogP contribution in [0.15, 0.2) is 4.99 Å². The molecule has 4 nitrogen and oxygen atoms in total. The normalized spacial score (nSPS) is 26.2. The van der Waals surface area contributed by atoms with Crippen LogP contribution in [0.25, 0.3) is 0 Å². The second kappa shape index (κ2) is 9.65. The topological polar surface area (TPSA) is 39.7 Å². The van der Waals surface area contributed by atoms with Crippen molar-refractivity contribution in [1.82, 2.24) is 15.5 Å². The fourth-order valence-electron chi connectivity index (χ4n) is 4.41. The van der Waals surface area contributed by atoms with Crippen LogP contribution in [0.2, 0.25) is 0 Å². The highest BCUT2D eigenvalue weighted by Crippen LogP contribution is 2.31. The second-order valence-electron chi connectivity index (χ2n) is 8.17. The van der Waals surface area contributed by atoms with Gasteiger partial charge < -0.3 is 15.5 Å². The van der Waals surface area contributed by atoms with Crippen molar-refractivity contribution in [3.05, 3.63) is 0 Å². The Morgan fingerprint density at radius 2 is 1.83 bits per heavy atom. The maximum Gasteiger partial charge on any atom is 0.191 e. The number of aliphatic imine (C=N–C) groups is 1. The summed E-state index contributed by atoms with van der Waals surface area (Å²) in [6.07, 6.45) is 14.2. The highest BCUT2D eigenvalue weighted by molar-refractivity contribution is 5.79. The predicted octanol–water partition coefficient (Wildman–Crippen LogP) is 3.39. The molecule has 3 aliphatic rings. The van der Waals surface area contributed by atoms with Crippen LogP contribution in [0, 0.1) is 11.8 Å². The van der Waals surface area contributed by atoms with E-state index in [0.29, 0.717) is 0 Å². The zero-order valence-electron chi connectivity index (χ0n) is 15.7. The van der Waals surface area contributed by atoms with Crippen LogP contribution in [0.3, 0.4) is 0 Å². The lowest BCUT2D eigenvalue weighted by Gasteiger charge is -2.15. The van der Waals surface area contributed by atoms with Gasteiger partial charge in [0.25, 0.3) is 0 Å². The first-order chi connectivity index (χ1) is 11.8. The molecular formula is C20H38N4. The molecule has 3 fully saturated rings. The zero-order chi connectivity index (χ0) is 16.6. The molecule has 1 heterocycles. The van der Waals surface area contributed by atoms with Crippen molar-refractivity contribution < 1.29 is 0 Å². The molecular weight excluding hydrogens is 296 g/mol. The minimum atomic E-state index is 0.767. The molecule has 0 radical (unpaired) electrons. The molecule has 2 N–H and O–H groups in total. The Morgan fingerprint density at radius 3 is 2.58 bits per heavy atom. The van der Waals surface area contributed by atoms with Crippen molar-refractivity contribution in [2.75, 3.05) is 32.7 Å². The molecule has 0 aromatic carbocycles. The number of hydrogen-bond donors (Lipinski definition) is 2. The summed E-state index contributed by atoms with van der Waals surface area (Å²) in [6.45, 7) is 7.73. The minimum absolute atomic E-state index is 0.767. The predicted molar refractivity (Wildman–Crippen MR) is 102 cm³/mol. The summed E-state index contributed by atoms with van der Waals surface area (Å²) in [4.78, 5) is 7.54. The molecule has 2 saturated carbocycles. The number of unbranched alkanes of at least 4 members (excludes halogenated alkanes) is 1. The Labute approximate surface area is 148 Å². The van der Waals surface area contributed by atoms with Gasteiger partial charge in [0, 0.05) is 32.2 Å². The van der Waals surface area contributed by atoms with E-state index >= 15 is 0 Å². The molecule has 0 spiro atoms. The lowest BCUT2D eigenvalue weighted by Crippen LogP contribution is -2.38. The maximum absolute atomic E-state index is 4.85. The van der Waals surface area contributed by atoms with Crippen molar-refractivity contribution in [2.24, 2.45) is 16.8 Å². The molecule has 24 heavy (non-hydrogen) atoms. The molecule has 3 rings (SSSR count). The molecule has 0 aromatic rings. The van der Waals surface area contributed by atoms with Gasteiger partial charge in [-0.15, -0.1) is 0 Å². The number of rotatable bonds is 9. The van der Waals surface area contributed by atoms with Gasteiger partial charge in [0.05, 0.1) is 0 Å². The minimum Gasteiger partial charge on any atom is -0.357 e. The molecule has 4 heteroatoms. The van der Waals surface area contributed by atoms with Crippen LogP contribution >= 0.6 is 0 Å². The first-order valence-electron chi connectivity index (χ1n) is 10.6. The van der Waals surface area contributed by atoms with Crippen molar-refractivity contribution >= 4 is 5.96 Å². The van der Waals surface area contributed by atoms with Gasteiger partial charge in [0.2, 0.25) is 0 Å². The summed E-state index contributed by atoms with van der Waals surface area (Å²) >= 11 is 0. The first-order valence-corrected chi connectivity index (χ1v) is 10.6. The Balaban J connectivity index is 1.29. The lowest BCUT2D eigenvalue weighted by atomic mass is 10.0.